The largest absolute Gasteiger partial charge is 0.507 e. The van der Waals surface area contributed by atoms with Gasteiger partial charge in [-0.05, 0) is 60.5 Å². The third-order valence-corrected chi connectivity index (χ3v) is 7.28. The summed E-state index contributed by atoms with van der Waals surface area (Å²) in [7, 11) is 0. The summed E-state index contributed by atoms with van der Waals surface area (Å²) < 4.78 is 1.98. The van der Waals surface area contributed by atoms with Gasteiger partial charge in [0.25, 0.3) is 0 Å². The van der Waals surface area contributed by atoms with Gasteiger partial charge in [-0.2, -0.15) is 0 Å². The minimum Gasteiger partial charge on any atom is -0.507 e. The molecular formula is C34H28N6O3. The number of phenols is 1. The van der Waals surface area contributed by atoms with E-state index in [0.717, 1.165) is 33.6 Å². The number of hydrogen-bond donors (Lipinski definition) is 3. The van der Waals surface area contributed by atoms with E-state index in [9.17, 15) is 14.7 Å². The number of aldehydes is 1. The summed E-state index contributed by atoms with van der Waals surface area (Å²) in [5, 5.41) is 12.9. The van der Waals surface area contributed by atoms with Crippen LogP contribution in [0.1, 0.15) is 34.5 Å². The van der Waals surface area contributed by atoms with Crippen molar-refractivity contribution in [2.24, 2.45) is 0 Å². The van der Waals surface area contributed by atoms with Crippen LogP contribution in [-0.2, 0) is 11.2 Å². The number of nitrogens with zero attached hydrogens (tertiary/aromatic N) is 4. The highest BCUT2D eigenvalue weighted by atomic mass is 16.3. The van der Waals surface area contributed by atoms with Gasteiger partial charge in [0.1, 0.15) is 17.1 Å². The zero-order chi connectivity index (χ0) is 29.9. The summed E-state index contributed by atoms with van der Waals surface area (Å²) in [5.74, 6) is 0.295. The number of fused-ring (bicyclic) bond motifs is 1. The molecule has 0 spiro atoms. The highest BCUT2D eigenvalue weighted by molar-refractivity contribution is 5.85. The Kier molecular flexibility index (Phi) is 7.36. The molecule has 0 radical (unpaired) electrons. The Morgan fingerprint density at radius 2 is 1.79 bits per heavy atom. The van der Waals surface area contributed by atoms with E-state index >= 15 is 0 Å². The lowest BCUT2D eigenvalue weighted by Gasteiger charge is -2.16. The van der Waals surface area contributed by atoms with E-state index in [0.29, 0.717) is 29.0 Å². The number of carbonyl (C=O) groups is 2. The molecule has 212 valence electrons. The average molecular weight is 569 g/mol. The maximum absolute atomic E-state index is 12.7. The first-order valence-corrected chi connectivity index (χ1v) is 13.7. The SMILES string of the molecule is CC(NC(=O)Cc1ccc(C=O)c(O)c1)c1ccc(-n2c(-c3ccncc3N)nc3ccc(-c4ccccc4)nc32)cc1. The molecule has 4 N–H and O–H groups in total. The van der Waals surface area contributed by atoms with Gasteiger partial charge >= 0.3 is 0 Å². The lowest BCUT2D eigenvalue weighted by Crippen LogP contribution is -2.28. The quantitative estimate of drug-likeness (QED) is 0.201. The molecule has 3 aromatic carbocycles. The van der Waals surface area contributed by atoms with Crippen molar-refractivity contribution in [3.63, 3.8) is 0 Å². The fraction of sp³-hybridized carbons (Fsp3) is 0.0882. The lowest BCUT2D eigenvalue weighted by atomic mass is 10.1. The molecule has 6 rings (SSSR count). The van der Waals surface area contributed by atoms with Crippen LogP contribution in [0.25, 0.3) is 39.5 Å². The molecule has 0 fully saturated rings. The van der Waals surface area contributed by atoms with Crippen molar-refractivity contribution in [3.8, 4) is 34.1 Å². The summed E-state index contributed by atoms with van der Waals surface area (Å²) in [6, 6.07) is 27.9. The molecule has 0 saturated carbocycles. The number of phenolic OH excluding ortho intramolecular Hbond substituents is 1. The number of nitrogens with one attached hydrogen (secondary N) is 1. The van der Waals surface area contributed by atoms with Crippen LogP contribution in [0.5, 0.6) is 5.75 Å². The van der Waals surface area contributed by atoms with E-state index in [2.05, 4.69) is 10.3 Å². The number of nitrogen functional groups attached to an aromatic ring is 1. The smallest absolute Gasteiger partial charge is 0.224 e. The third-order valence-electron chi connectivity index (χ3n) is 7.28. The Hall–Kier alpha value is -5.83. The van der Waals surface area contributed by atoms with Gasteiger partial charge in [0.2, 0.25) is 5.91 Å². The van der Waals surface area contributed by atoms with Gasteiger partial charge in [-0.1, -0.05) is 48.5 Å². The molecule has 0 aliphatic heterocycles. The van der Waals surface area contributed by atoms with Crippen LogP contribution in [0.3, 0.4) is 0 Å². The van der Waals surface area contributed by atoms with Crippen LogP contribution in [0.2, 0.25) is 0 Å². The second kappa shape index (κ2) is 11.6. The molecule has 0 aliphatic rings. The Balaban J connectivity index is 1.32. The summed E-state index contributed by atoms with van der Waals surface area (Å²) in [4.78, 5) is 37.7. The average Bonchev–Trinajstić information content (AvgIpc) is 3.40. The molecule has 43 heavy (non-hydrogen) atoms. The van der Waals surface area contributed by atoms with Crippen molar-refractivity contribution in [1.82, 2.24) is 24.8 Å². The molecule has 6 aromatic rings. The number of aromatic nitrogens is 4. The number of anilines is 1. The third kappa shape index (κ3) is 5.56. The Labute approximate surface area is 247 Å². The molecule has 0 bridgehead atoms. The molecule has 9 heteroatoms. The van der Waals surface area contributed by atoms with Crippen molar-refractivity contribution in [1.29, 1.82) is 0 Å². The zero-order valence-corrected chi connectivity index (χ0v) is 23.3. The molecule has 0 aliphatic carbocycles. The van der Waals surface area contributed by atoms with Crippen LogP contribution in [0, 0.1) is 0 Å². The Morgan fingerprint density at radius 3 is 2.51 bits per heavy atom. The highest BCUT2D eigenvalue weighted by Crippen LogP contribution is 2.32. The first-order valence-electron chi connectivity index (χ1n) is 13.7. The molecule has 9 nitrogen and oxygen atoms in total. The predicted molar refractivity (Wildman–Crippen MR) is 166 cm³/mol. The van der Waals surface area contributed by atoms with E-state index in [4.69, 9.17) is 15.7 Å². The number of carbonyl (C=O) groups excluding carboxylic acids is 2. The number of aromatic hydroxyl groups is 1. The molecular weight excluding hydrogens is 540 g/mol. The van der Waals surface area contributed by atoms with Crippen LogP contribution in [0.4, 0.5) is 5.69 Å². The monoisotopic (exact) mass is 568 g/mol. The van der Waals surface area contributed by atoms with E-state index in [-0.39, 0.29) is 29.7 Å². The number of imidazole rings is 1. The molecule has 1 unspecified atom stereocenters. The van der Waals surface area contributed by atoms with Gasteiger partial charge in [-0.3, -0.25) is 19.1 Å². The molecule has 3 aromatic heterocycles. The predicted octanol–water partition coefficient (Wildman–Crippen LogP) is 5.67. The van der Waals surface area contributed by atoms with Crippen LogP contribution in [-0.4, -0.2) is 36.8 Å². The first kappa shape index (κ1) is 27.3. The number of nitrogens with two attached hydrogens (primary N) is 1. The summed E-state index contributed by atoms with van der Waals surface area (Å²) >= 11 is 0. The fourth-order valence-electron chi connectivity index (χ4n) is 5.03. The van der Waals surface area contributed by atoms with Gasteiger partial charge in [0.05, 0.1) is 35.6 Å². The van der Waals surface area contributed by atoms with Crippen molar-refractivity contribution in [3.05, 3.63) is 120 Å². The van der Waals surface area contributed by atoms with Crippen molar-refractivity contribution >= 4 is 29.0 Å². The maximum atomic E-state index is 12.7. The van der Waals surface area contributed by atoms with Gasteiger partial charge in [-0.25, -0.2) is 9.97 Å². The van der Waals surface area contributed by atoms with Crippen molar-refractivity contribution in [2.75, 3.05) is 5.73 Å². The normalized spacial score (nSPS) is 11.7. The maximum Gasteiger partial charge on any atom is 0.224 e. The van der Waals surface area contributed by atoms with Crippen LogP contribution in [0.15, 0.2) is 103 Å². The van der Waals surface area contributed by atoms with Crippen LogP contribution >= 0.6 is 0 Å². The van der Waals surface area contributed by atoms with E-state index in [1.807, 2.05) is 84.3 Å². The minimum absolute atomic E-state index is 0.0717. The van der Waals surface area contributed by atoms with E-state index in [1.165, 1.54) is 12.1 Å². The highest BCUT2D eigenvalue weighted by Gasteiger charge is 2.19. The lowest BCUT2D eigenvalue weighted by molar-refractivity contribution is -0.121. The van der Waals surface area contributed by atoms with E-state index in [1.54, 1.807) is 18.5 Å². The summed E-state index contributed by atoms with van der Waals surface area (Å²) in [5.41, 5.74) is 13.3. The number of benzene rings is 3. The fourth-order valence-corrected chi connectivity index (χ4v) is 5.03. The van der Waals surface area contributed by atoms with Crippen molar-refractivity contribution < 1.29 is 14.7 Å². The summed E-state index contributed by atoms with van der Waals surface area (Å²) in [6.07, 6.45) is 3.93. The second-order valence-electron chi connectivity index (χ2n) is 10.2. The van der Waals surface area contributed by atoms with E-state index < -0.39 is 0 Å². The minimum atomic E-state index is -0.276. The van der Waals surface area contributed by atoms with Crippen LogP contribution < -0.4 is 11.1 Å². The van der Waals surface area contributed by atoms with Gasteiger partial charge < -0.3 is 16.2 Å². The zero-order valence-electron chi connectivity index (χ0n) is 23.3. The van der Waals surface area contributed by atoms with Gasteiger partial charge in [0.15, 0.2) is 11.9 Å². The second-order valence-corrected chi connectivity index (χ2v) is 10.2. The summed E-state index contributed by atoms with van der Waals surface area (Å²) in [6.45, 7) is 1.91. The molecule has 1 atom stereocenters. The Bertz CT molecular complexity index is 1950. The number of rotatable bonds is 8. The first-order chi connectivity index (χ1) is 20.9. The van der Waals surface area contributed by atoms with Gasteiger partial charge in [0, 0.05) is 23.0 Å². The molecule has 1 amide bonds. The molecule has 0 saturated heterocycles. The number of hydrogen-bond acceptors (Lipinski definition) is 7. The molecule has 3 heterocycles. The number of amides is 1. The van der Waals surface area contributed by atoms with Crippen molar-refractivity contribution in [2.45, 2.75) is 19.4 Å². The Morgan fingerprint density at radius 1 is 1.00 bits per heavy atom. The topological polar surface area (TPSA) is 136 Å². The number of pyridine rings is 2. The van der Waals surface area contributed by atoms with Gasteiger partial charge in [-0.15, -0.1) is 0 Å². The standard InChI is InChI=1S/C34H28N6O3/c1-21(37-32(43)18-22-7-8-25(20-41)31(42)17-22)23-9-11-26(12-10-23)40-33(27-15-16-36-19-28(27)35)39-30-14-13-29(38-34(30)40)24-5-3-2-4-6-24/h2-17,19-21,42H,18,35H2,1H3,(H,37,43).